The molecule has 0 bridgehead atoms. The van der Waals surface area contributed by atoms with E-state index in [2.05, 4.69) is 48.6 Å². The van der Waals surface area contributed by atoms with E-state index in [1.165, 1.54) is 0 Å². The maximum atomic E-state index is 6.16. The minimum absolute atomic E-state index is 0.357. The van der Waals surface area contributed by atoms with E-state index in [1.54, 1.807) is 0 Å². The highest BCUT2D eigenvalue weighted by atomic mass is 35.5. The molecule has 2 rings (SSSR count). The number of nitrogens with one attached hydrogen (secondary N) is 1. The third-order valence-corrected chi connectivity index (χ3v) is 3.31. The summed E-state index contributed by atoms with van der Waals surface area (Å²) < 4.78 is 2.22. The molecule has 0 radical (unpaired) electrons. The molecule has 0 unspecified atom stereocenters. The Morgan fingerprint density at radius 1 is 1.22 bits per heavy atom. The topological polar surface area (TPSA) is 29.9 Å². The molecule has 0 atom stereocenters. The molecule has 0 saturated heterocycles. The van der Waals surface area contributed by atoms with Gasteiger partial charge in [0.2, 0.25) is 5.95 Å². The van der Waals surface area contributed by atoms with Gasteiger partial charge in [0.25, 0.3) is 0 Å². The van der Waals surface area contributed by atoms with Crippen LogP contribution in [0.25, 0.3) is 11.0 Å². The highest BCUT2D eigenvalue weighted by molar-refractivity contribution is 6.32. The van der Waals surface area contributed by atoms with Gasteiger partial charge in [0.15, 0.2) is 0 Å². The van der Waals surface area contributed by atoms with Crippen LogP contribution in [0.1, 0.15) is 39.3 Å². The van der Waals surface area contributed by atoms with Crippen molar-refractivity contribution in [3.63, 3.8) is 0 Å². The zero-order valence-electron chi connectivity index (χ0n) is 11.6. The first-order valence-corrected chi connectivity index (χ1v) is 6.72. The molecule has 0 spiro atoms. The molecule has 0 aliphatic rings. The summed E-state index contributed by atoms with van der Waals surface area (Å²) in [5, 5.41) is 4.16. The van der Waals surface area contributed by atoms with Gasteiger partial charge in [-0.2, -0.15) is 0 Å². The van der Waals surface area contributed by atoms with Crippen LogP contribution in [0.5, 0.6) is 0 Å². The Morgan fingerprint density at radius 3 is 2.44 bits per heavy atom. The lowest BCUT2D eigenvalue weighted by atomic mass is 10.2. The minimum atomic E-state index is 0.357. The van der Waals surface area contributed by atoms with Crippen molar-refractivity contribution in [2.24, 2.45) is 0 Å². The van der Waals surface area contributed by atoms with E-state index in [-0.39, 0.29) is 0 Å². The fourth-order valence-electron chi connectivity index (χ4n) is 2.10. The fraction of sp³-hybridized carbons (Fsp3) is 0.500. The second-order valence-electron chi connectivity index (χ2n) is 5.29. The fourth-order valence-corrected chi connectivity index (χ4v) is 2.26. The molecule has 4 heteroatoms. The van der Waals surface area contributed by atoms with E-state index < -0.39 is 0 Å². The quantitative estimate of drug-likeness (QED) is 0.891. The van der Waals surface area contributed by atoms with Gasteiger partial charge in [0.1, 0.15) is 0 Å². The van der Waals surface area contributed by atoms with Crippen molar-refractivity contribution in [1.82, 2.24) is 9.55 Å². The summed E-state index contributed by atoms with van der Waals surface area (Å²) in [5.41, 5.74) is 3.17. The van der Waals surface area contributed by atoms with E-state index >= 15 is 0 Å². The van der Waals surface area contributed by atoms with Crippen molar-refractivity contribution in [3.8, 4) is 0 Å². The first-order chi connectivity index (χ1) is 8.40. The monoisotopic (exact) mass is 265 g/mol. The number of anilines is 1. The smallest absolute Gasteiger partial charge is 0.204 e. The Balaban J connectivity index is 2.67. The van der Waals surface area contributed by atoms with E-state index in [9.17, 15) is 0 Å². The molecule has 3 nitrogen and oxygen atoms in total. The number of rotatable bonds is 3. The average Bonchev–Trinajstić information content (AvgIpc) is 2.55. The number of imidazole rings is 1. The van der Waals surface area contributed by atoms with Crippen LogP contribution in [-0.2, 0) is 0 Å². The maximum Gasteiger partial charge on any atom is 0.204 e. The lowest BCUT2D eigenvalue weighted by Crippen LogP contribution is -2.15. The van der Waals surface area contributed by atoms with Crippen molar-refractivity contribution in [2.75, 3.05) is 5.32 Å². The number of hydrogen-bond donors (Lipinski definition) is 1. The van der Waals surface area contributed by atoms with Gasteiger partial charge in [0.05, 0.1) is 11.0 Å². The van der Waals surface area contributed by atoms with Gasteiger partial charge >= 0.3 is 0 Å². The zero-order valence-corrected chi connectivity index (χ0v) is 12.3. The van der Waals surface area contributed by atoms with Gasteiger partial charge in [0, 0.05) is 17.1 Å². The number of hydrogen-bond acceptors (Lipinski definition) is 2. The molecule has 0 aliphatic heterocycles. The van der Waals surface area contributed by atoms with Crippen LogP contribution in [0, 0.1) is 6.92 Å². The Morgan fingerprint density at radius 2 is 1.89 bits per heavy atom. The first-order valence-electron chi connectivity index (χ1n) is 6.34. The molecule has 0 saturated carbocycles. The normalized spacial score (nSPS) is 11.8. The molecule has 2 aromatic rings. The molecule has 0 aliphatic carbocycles. The van der Waals surface area contributed by atoms with Gasteiger partial charge in [-0.15, -0.1) is 0 Å². The maximum absolute atomic E-state index is 6.16. The van der Waals surface area contributed by atoms with Gasteiger partial charge < -0.3 is 9.88 Å². The summed E-state index contributed by atoms with van der Waals surface area (Å²) in [6.45, 7) is 10.6. The molecule has 0 amide bonds. The molecule has 1 N–H and O–H groups in total. The van der Waals surface area contributed by atoms with E-state index in [0.717, 1.165) is 27.6 Å². The highest BCUT2D eigenvalue weighted by Gasteiger charge is 2.15. The lowest BCUT2D eigenvalue weighted by Gasteiger charge is -2.16. The van der Waals surface area contributed by atoms with Gasteiger partial charge in [-0.05, 0) is 52.3 Å². The molecule has 98 valence electrons. The summed E-state index contributed by atoms with van der Waals surface area (Å²) >= 11 is 6.16. The summed E-state index contributed by atoms with van der Waals surface area (Å²) in [4.78, 5) is 4.64. The van der Waals surface area contributed by atoms with Crippen molar-refractivity contribution >= 4 is 28.6 Å². The van der Waals surface area contributed by atoms with Gasteiger partial charge in [-0.1, -0.05) is 11.6 Å². The number of aromatic nitrogens is 2. The van der Waals surface area contributed by atoms with Crippen LogP contribution in [0.3, 0.4) is 0 Å². The van der Waals surface area contributed by atoms with E-state index in [4.69, 9.17) is 11.6 Å². The highest BCUT2D eigenvalue weighted by Crippen LogP contribution is 2.29. The zero-order chi connectivity index (χ0) is 13.4. The second-order valence-corrected chi connectivity index (χ2v) is 5.70. The summed E-state index contributed by atoms with van der Waals surface area (Å²) in [5.74, 6) is 0.914. The Labute approximate surface area is 113 Å². The van der Waals surface area contributed by atoms with Crippen LogP contribution < -0.4 is 5.32 Å². The van der Waals surface area contributed by atoms with E-state index in [0.29, 0.717) is 12.1 Å². The molecule has 0 fully saturated rings. The van der Waals surface area contributed by atoms with Crippen LogP contribution >= 0.6 is 11.6 Å². The van der Waals surface area contributed by atoms with E-state index in [1.807, 2.05) is 13.0 Å². The van der Waals surface area contributed by atoms with Crippen LogP contribution in [0.15, 0.2) is 12.1 Å². The summed E-state index contributed by atoms with van der Waals surface area (Å²) in [6.07, 6.45) is 0. The molecule has 18 heavy (non-hydrogen) atoms. The molecule has 1 aromatic heterocycles. The predicted octanol–water partition coefficient (Wildman–Crippen LogP) is 4.40. The van der Waals surface area contributed by atoms with Crippen LogP contribution in [0.2, 0.25) is 5.02 Å². The SMILES string of the molecule is Cc1cc2c(cc1Cl)nc(NC(C)C)n2C(C)C. The van der Waals surface area contributed by atoms with Crippen molar-refractivity contribution in [2.45, 2.75) is 46.7 Å². The number of halogens is 1. The Bertz CT molecular complexity index is 570. The van der Waals surface area contributed by atoms with Crippen molar-refractivity contribution in [1.29, 1.82) is 0 Å². The molecular weight excluding hydrogens is 246 g/mol. The standard InChI is InChI=1S/C14H20ClN3/c1-8(2)16-14-17-12-7-11(15)10(5)6-13(12)18(14)9(3)4/h6-9H,1-5H3,(H,16,17). The first kappa shape index (κ1) is 13.2. The largest absolute Gasteiger partial charge is 0.353 e. The number of aryl methyl sites for hydroxylation is 1. The molecule has 1 aromatic carbocycles. The van der Waals surface area contributed by atoms with Crippen molar-refractivity contribution < 1.29 is 0 Å². The van der Waals surface area contributed by atoms with Crippen LogP contribution in [-0.4, -0.2) is 15.6 Å². The third kappa shape index (κ3) is 2.32. The van der Waals surface area contributed by atoms with Gasteiger partial charge in [-0.3, -0.25) is 0 Å². The summed E-state index contributed by atoms with van der Waals surface area (Å²) in [7, 11) is 0. The minimum Gasteiger partial charge on any atom is -0.353 e. The molecular formula is C14H20ClN3. The lowest BCUT2D eigenvalue weighted by molar-refractivity contribution is 0.618. The second kappa shape index (κ2) is 4.81. The Kier molecular flexibility index (Phi) is 3.53. The van der Waals surface area contributed by atoms with Crippen molar-refractivity contribution in [3.05, 3.63) is 22.7 Å². The number of fused-ring (bicyclic) bond motifs is 1. The number of nitrogens with zero attached hydrogens (tertiary/aromatic N) is 2. The predicted molar refractivity (Wildman–Crippen MR) is 78.6 cm³/mol. The van der Waals surface area contributed by atoms with Crippen LogP contribution in [0.4, 0.5) is 5.95 Å². The number of benzene rings is 1. The molecule has 1 heterocycles. The third-order valence-electron chi connectivity index (χ3n) is 2.90. The summed E-state index contributed by atoms with van der Waals surface area (Å²) in [6, 6.07) is 4.76. The average molecular weight is 266 g/mol. The van der Waals surface area contributed by atoms with Gasteiger partial charge in [-0.25, -0.2) is 4.98 Å². The Hall–Kier alpha value is -1.22.